The molecule has 2 rings (SSSR count). The molecule has 106 valence electrons. The van der Waals surface area contributed by atoms with Crippen molar-refractivity contribution in [1.29, 1.82) is 0 Å². The van der Waals surface area contributed by atoms with Crippen LogP contribution >= 0.6 is 0 Å². The minimum absolute atomic E-state index is 0.0358. The average molecular weight is 290 g/mol. The lowest BCUT2D eigenvalue weighted by Crippen LogP contribution is -2.31. The summed E-state index contributed by atoms with van der Waals surface area (Å²) < 4.78 is 1.23. The molecular weight excluding hydrogens is 282 g/mol. The number of carbonyl (C=O) groups is 1. The fourth-order valence-corrected chi connectivity index (χ4v) is 1.74. The molecule has 1 heterocycles. The second-order valence-corrected chi connectivity index (χ2v) is 3.99. The molecule has 0 saturated heterocycles. The molecule has 1 aromatic heterocycles. The molecule has 9 nitrogen and oxygen atoms in total. The van der Waals surface area contributed by atoms with Crippen LogP contribution in [0.15, 0.2) is 42.7 Å². The number of nitrogens with zero attached hydrogens (tertiary/aromatic N) is 3. The van der Waals surface area contributed by atoms with Crippen molar-refractivity contribution in [3.8, 4) is 5.69 Å². The Morgan fingerprint density at radius 2 is 1.86 bits per heavy atom. The fourth-order valence-electron chi connectivity index (χ4n) is 1.74. The zero-order chi connectivity index (χ0) is 15.6. The van der Waals surface area contributed by atoms with E-state index in [1.807, 2.05) is 0 Å². The molecule has 0 atom stereocenters. The summed E-state index contributed by atoms with van der Waals surface area (Å²) in [7, 11) is 0. The Labute approximate surface area is 117 Å². The van der Waals surface area contributed by atoms with Crippen LogP contribution < -0.4 is 4.57 Å². The summed E-state index contributed by atoms with van der Waals surface area (Å²) in [6, 6.07) is 5.88. The van der Waals surface area contributed by atoms with Crippen LogP contribution in [-0.4, -0.2) is 20.9 Å². The first-order chi connectivity index (χ1) is 9.90. The van der Waals surface area contributed by atoms with Gasteiger partial charge in [0.1, 0.15) is 11.6 Å². The number of non-ortho nitro benzene ring substituents is 1. The molecule has 2 aromatic rings. The highest BCUT2D eigenvalue weighted by molar-refractivity contribution is 5.86. The molecule has 0 fully saturated rings. The predicted octanol–water partition coefficient (Wildman–Crippen LogP) is 1.48. The number of nitro groups is 2. The minimum atomic E-state index is -1.19. The van der Waals surface area contributed by atoms with Gasteiger partial charge in [-0.05, 0) is 6.07 Å². The highest BCUT2D eigenvalue weighted by Crippen LogP contribution is 2.24. The van der Waals surface area contributed by atoms with Crippen LogP contribution in [0.2, 0.25) is 0 Å². The maximum atomic E-state index is 11.0. The number of nitro benzene ring substituents is 2. The zero-order valence-electron chi connectivity index (χ0n) is 10.4. The number of carboxylic acids is 1. The summed E-state index contributed by atoms with van der Waals surface area (Å²) in [5, 5.41) is 30.6. The van der Waals surface area contributed by atoms with E-state index in [0.29, 0.717) is 0 Å². The van der Waals surface area contributed by atoms with E-state index in [1.54, 1.807) is 0 Å². The van der Waals surface area contributed by atoms with Crippen LogP contribution in [0.4, 0.5) is 11.4 Å². The second kappa shape index (κ2) is 5.33. The Balaban J connectivity index is 2.63. The van der Waals surface area contributed by atoms with Gasteiger partial charge in [0.25, 0.3) is 11.4 Å². The number of benzene rings is 1. The molecule has 0 unspecified atom stereocenters. The molecule has 0 aliphatic rings. The Bertz CT molecular complexity index is 758. The Kier molecular flexibility index (Phi) is 3.57. The van der Waals surface area contributed by atoms with Crippen LogP contribution in [0.1, 0.15) is 10.4 Å². The summed E-state index contributed by atoms with van der Waals surface area (Å²) in [5.41, 5.74) is -0.934. The van der Waals surface area contributed by atoms with Crippen molar-refractivity contribution in [3.05, 3.63) is 68.5 Å². The molecule has 0 radical (unpaired) electrons. The first kappa shape index (κ1) is 14.1. The van der Waals surface area contributed by atoms with Crippen LogP contribution in [0.3, 0.4) is 0 Å². The third-order valence-electron chi connectivity index (χ3n) is 2.69. The van der Waals surface area contributed by atoms with Crippen molar-refractivity contribution in [1.82, 2.24) is 0 Å². The quantitative estimate of drug-likeness (QED) is 0.516. The maximum absolute atomic E-state index is 11.0. The molecule has 1 aromatic carbocycles. The Morgan fingerprint density at radius 1 is 1.14 bits per heavy atom. The highest BCUT2D eigenvalue weighted by atomic mass is 16.6. The Morgan fingerprint density at radius 3 is 2.43 bits per heavy atom. The van der Waals surface area contributed by atoms with Crippen LogP contribution in [0, 0.1) is 20.2 Å². The van der Waals surface area contributed by atoms with Gasteiger partial charge in [-0.2, -0.15) is 4.57 Å². The highest BCUT2D eigenvalue weighted by Gasteiger charge is 2.26. The fraction of sp³-hybridized carbons (Fsp3) is 0. The molecule has 1 N–H and O–H groups in total. The van der Waals surface area contributed by atoms with Gasteiger partial charge in [-0.1, -0.05) is 0 Å². The molecule has 9 heteroatoms. The first-order valence-electron chi connectivity index (χ1n) is 5.58. The predicted molar refractivity (Wildman–Crippen MR) is 68.2 cm³/mol. The molecule has 0 saturated carbocycles. The topological polar surface area (TPSA) is 127 Å². The first-order valence-corrected chi connectivity index (χ1v) is 5.58. The number of rotatable bonds is 4. The van der Waals surface area contributed by atoms with Crippen LogP contribution in [-0.2, 0) is 0 Å². The summed E-state index contributed by atoms with van der Waals surface area (Å²) >= 11 is 0. The molecule has 0 amide bonds. The van der Waals surface area contributed by atoms with Gasteiger partial charge in [0.15, 0.2) is 12.4 Å². The minimum Gasteiger partial charge on any atom is -0.477 e. The molecular formula is C12H8N3O6+. The number of aromatic nitrogens is 1. The molecule has 0 aliphatic heterocycles. The smallest absolute Gasteiger partial charge is 0.347 e. The van der Waals surface area contributed by atoms with E-state index in [4.69, 9.17) is 5.11 Å². The summed E-state index contributed by atoms with van der Waals surface area (Å²) in [6.07, 6.45) is 2.61. The monoisotopic (exact) mass is 290 g/mol. The van der Waals surface area contributed by atoms with Gasteiger partial charge in [-0.15, -0.1) is 0 Å². The number of aromatic carboxylic acids is 1. The second-order valence-electron chi connectivity index (χ2n) is 3.99. The maximum Gasteiger partial charge on any atom is 0.347 e. The van der Waals surface area contributed by atoms with Gasteiger partial charge in [-0.25, -0.2) is 4.79 Å². The number of carboxylic acid groups (broad SMARTS) is 1. The molecule has 0 bridgehead atoms. The lowest BCUT2D eigenvalue weighted by molar-refractivity contribution is -0.601. The Hall–Kier alpha value is -3.36. The average Bonchev–Trinajstić information content (AvgIpc) is 2.46. The normalized spacial score (nSPS) is 10.1. The van der Waals surface area contributed by atoms with E-state index in [9.17, 15) is 25.0 Å². The van der Waals surface area contributed by atoms with Crippen molar-refractivity contribution in [2.75, 3.05) is 0 Å². The van der Waals surface area contributed by atoms with E-state index in [1.165, 1.54) is 35.2 Å². The third kappa shape index (κ3) is 2.81. The van der Waals surface area contributed by atoms with Gasteiger partial charge < -0.3 is 5.11 Å². The standard InChI is InChI=1S/C12H7N3O6/c16-12(17)8-2-1-5-13(7-8)10-4-3-9(14(18)19)6-11(10)15(20)21/h1-7H/p+1. The van der Waals surface area contributed by atoms with E-state index in [-0.39, 0.29) is 11.3 Å². The van der Waals surface area contributed by atoms with Crippen molar-refractivity contribution in [2.24, 2.45) is 0 Å². The SMILES string of the molecule is O=C(O)c1ccc[n+](-c2ccc([N+](=O)[O-])cc2[N+](=O)[O-])c1. The van der Waals surface area contributed by atoms with Crippen molar-refractivity contribution < 1.29 is 24.3 Å². The van der Waals surface area contributed by atoms with Crippen LogP contribution in [0.5, 0.6) is 0 Å². The van der Waals surface area contributed by atoms with Gasteiger partial charge in [0.2, 0.25) is 0 Å². The van der Waals surface area contributed by atoms with E-state index in [0.717, 1.165) is 12.1 Å². The zero-order valence-corrected chi connectivity index (χ0v) is 10.4. The van der Waals surface area contributed by atoms with Gasteiger partial charge in [-0.3, -0.25) is 20.2 Å². The van der Waals surface area contributed by atoms with Gasteiger partial charge in [0.05, 0.1) is 9.85 Å². The molecule has 21 heavy (non-hydrogen) atoms. The van der Waals surface area contributed by atoms with E-state index >= 15 is 0 Å². The van der Waals surface area contributed by atoms with E-state index in [2.05, 4.69) is 0 Å². The van der Waals surface area contributed by atoms with Crippen molar-refractivity contribution in [2.45, 2.75) is 0 Å². The summed E-state index contributed by atoms with van der Waals surface area (Å²) in [5.74, 6) is -1.19. The van der Waals surface area contributed by atoms with Gasteiger partial charge >= 0.3 is 11.7 Å². The summed E-state index contributed by atoms with van der Waals surface area (Å²) in [4.78, 5) is 31.1. The molecule has 0 spiro atoms. The number of pyridine rings is 1. The lowest BCUT2D eigenvalue weighted by Gasteiger charge is -1.99. The van der Waals surface area contributed by atoms with Gasteiger partial charge in [0, 0.05) is 18.2 Å². The summed E-state index contributed by atoms with van der Waals surface area (Å²) in [6.45, 7) is 0. The number of hydrogen-bond acceptors (Lipinski definition) is 5. The number of hydrogen-bond donors (Lipinski definition) is 1. The largest absolute Gasteiger partial charge is 0.477 e. The van der Waals surface area contributed by atoms with E-state index < -0.39 is 27.2 Å². The third-order valence-corrected chi connectivity index (χ3v) is 2.69. The van der Waals surface area contributed by atoms with Crippen LogP contribution in [0.25, 0.3) is 5.69 Å². The van der Waals surface area contributed by atoms with Crippen molar-refractivity contribution >= 4 is 17.3 Å². The van der Waals surface area contributed by atoms with Crippen molar-refractivity contribution in [3.63, 3.8) is 0 Å². The lowest BCUT2D eigenvalue weighted by atomic mass is 10.2. The molecule has 0 aliphatic carbocycles.